The Labute approximate surface area is 99.7 Å². The summed E-state index contributed by atoms with van der Waals surface area (Å²) in [5.74, 6) is 0. The van der Waals surface area contributed by atoms with Crippen molar-refractivity contribution in [3.05, 3.63) is 0 Å². The number of nitrogens with zero attached hydrogens (tertiary/aromatic N) is 2. The summed E-state index contributed by atoms with van der Waals surface area (Å²) in [6, 6.07) is 0.652. The minimum absolute atomic E-state index is 0.135. The van der Waals surface area contributed by atoms with Crippen molar-refractivity contribution in [2.24, 2.45) is 0 Å². The molecule has 2 fully saturated rings. The van der Waals surface area contributed by atoms with E-state index >= 15 is 0 Å². The Morgan fingerprint density at radius 1 is 1.12 bits per heavy atom. The van der Waals surface area contributed by atoms with Crippen LogP contribution in [0.1, 0.15) is 34.6 Å². The molecular weight excluding hydrogens is 200 g/mol. The van der Waals surface area contributed by atoms with Crippen LogP contribution in [0.15, 0.2) is 0 Å². The summed E-state index contributed by atoms with van der Waals surface area (Å²) >= 11 is 0. The summed E-state index contributed by atoms with van der Waals surface area (Å²) in [5.41, 5.74) is 0.408. The third-order valence-electron chi connectivity index (χ3n) is 3.91. The van der Waals surface area contributed by atoms with E-state index in [0.717, 1.165) is 32.8 Å². The predicted molar refractivity (Wildman–Crippen MR) is 66.7 cm³/mol. The van der Waals surface area contributed by atoms with E-state index in [9.17, 15) is 0 Å². The first-order valence-electron chi connectivity index (χ1n) is 6.45. The average molecular weight is 226 g/mol. The highest BCUT2D eigenvalue weighted by atomic mass is 16.5. The number of hydrogen-bond donors (Lipinski definition) is 0. The van der Waals surface area contributed by atoms with Gasteiger partial charge in [0.15, 0.2) is 0 Å². The van der Waals surface area contributed by atoms with E-state index in [-0.39, 0.29) is 11.1 Å². The van der Waals surface area contributed by atoms with Gasteiger partial charge in [-0.2, -0.15) is 0 Å². The van der Waals surface area contributed by atoms with Crippen LogP contribution in [0, 0.1) is 0 Å². The molecule has 3 nitrogen and oxygen atoms in total. The highest BCUT2D eigenvalue weighted by molar-refractivity contribution is 5.03. The minimum Gasteiger partial charge on any atom is -0.370 e. The first-order chi connectivity index (χ1) is 7.32. The van der Waals surface area contributed by atoms with Crippen LogP contribution < -0.4 is 0 Å². The zero-order valence-electron chi connectivity index (χ0n) is 11.4. The number of likely N-dealkylation sites (tertiary alicyclic amines) is 1. The highest BCUT2D eigenvalue weighted by Crippen LogP contribution is 2.32. The monoisotopic (exact) mass is 226 g/mol. The van der Waals surface area contributed by atoms with E-state index in [2.05, 4.69) is 44.4 Å². The fraction of sp³-hybridized carbons (Fsp3) is 1.00. The van der Waals surface area contributed by atoms with Crippen LogP contribution in [0.4, 0.5) is 0 Å². The summed E-state index contributed by atoms with van der Waals surface area (Å²) < 4.78 is 6.02. The molecule has 0 aromatic heterocycles. The molecule has 0 aromatic carbocycles. The molecular formula is C13H26N2O. The van der Waals surface area contributed by atoms with Crippen molar-refractivity contribution in [2.75, 3.05) is 32.8 Å². The van der Waals surface area contributed by atoms with E-state index in [0.29, 0.717) is 6.04 Å². The summed E-state index contributed by atoms with van der Waals surface area (Å²) in [5, 5.41) is 0. The van der Waals surface area contributed by atoms with Crippen LogP contribution in [-0.4, -0.2) is 59.8 Å². The van der Waals surface area contributed by atoms with Gasteiger partial charge >= 0.3 is 0 Å². The largest absolute Gasteiger partial charge is 0.370 e. The molecule has 0 aromatic rings. The molecule has 0 saturated carbocycles. The second-order valence-corrected chi connectivity index (χ2v) is 6.62. The molecule has 94 valence electrons. The fourth-order valence-corrected chi connectivity index (χ4v) is 2.67. The van der Waals surface area contributed by atoms with Gasteiger partial charge in [-0.1, -0.05) is 0 Å². The maximum absolute atomic E-state index is 6.02. The summed E-state index contributed by atoms with van der Waals surface area (Å²) in [6.07, 6.45) is 0. The molecule has 16 heavy (non-hydrogen) atoms. The number of ether oxygens (including phenoxy) is 1. The number of rotatable bonds is 1. The van der Waals surface area contributed by atoms with Crippen LogP contribution >= 0.6 is 0 Å². The van der Waals surface area contributed by atoms with Crippen molar-refractivity contribution in [2.45, 2.75) is 51.8 Å². The minimum atomic E-state index is 0.135. The lowest BCUT2D eigenvalue weighted by Crippen LogP contribution is -2.72. The van der Waals surface area contributed by atoms with Gasteiger partial charge in [-0.05, 0) is 34.6 Å². The van der Waals surface area contributed by atoms with Crippen molar-refractivity contribution in [1.82, 2.24) is 9.80 Å². The van der Waals surface area contributed by atoms with Crippen molar-refractivity contribution < 1.29 is 4.74 Å². The first kappa shape index (κ1) is 12.3. The van der Waals surface area contributed by atoms with Gasteiger partial charge in [-0.15, -0.1) is 0 Å². The standard InChI is InChI=1S/C13H26N2O/c1-11(2)14-8-13(9-14)10-15(6-7-16-13)12(3,4)5/h11H,6-10H2,1-5H3. The third-order valence-corrected chi connectivity index (χ3v) is 3.91. The van der Waals surface area contributed by atoms with Gasteiger partial charge in [0.1, 0.15) is 5.60 Å². The van der Waals surface area contributed by atoms with Crippen LogP contribution in [0.3, 0.4) is 0 Å². The lowest BCUT2D eigenvalue weighted by molar-refractivity contribution is -0.200. The van der Waals surface area contributed by atoms with Gasteiger partial charge < -0.3 is 4.74 Å². The van der Waals surface area contributed by atoms with Crippen molar-refractivity contribution in [1.29, 1.82) is 0 Å². The molecule has 2 aliphatic heterocycles. The number of morpholine rings is 1. The maximum atomic E-state index is 6.02. The topological polar surface area (TPSA) is 15.7 Å². The van der Waals surface area contributed by atoms with Crippen molar-refractivity contribution in [3.8, 4) is 0 Å². The SMILES string of the molecule is CC(C)N1CC2(C1)CN(C(C)(C)C)CCO2. The highest BCUT2D eigenvalue weighted by Gasteiger charge is 2.49. The smallest absolute Gasteiger partial charge is 0.106 e. The van der Waals surface area contributed by atoms with Crippen LogP contribution in [0.2, 0.25) is 0 Å². The number of hydrogen-bond acceptors (Lipinski definition) is 3. The van der Waals surface area contributed by atoms with Gasteiger partial charge in [0.05, 0.1) is 6.61 Å². The van der Waals surface area contributed by atoms with Gasteiger partial charge in [0, 0.05) is 37.8 Å². The maximum Gasteiger partial charge on any atom is 0.106 e. The molecule has 2 saturated heterocycles. The summed E-state index contributed by atoms with van der Waals surface area (Å²) in [6.45, 7) is 16.7. The molecule has 0 aliphatic carbocycles. The lowest BCUT2D eigenvalue weighted by atomic mass is 9.88. The Morgan fingerprint density at radius 2 is 1.75 bits per heavy atom. The zero-order chi connectivity index (χ0) is 12.0. The van der Waals surface area contributed by atoms with Gasteiger partial charge in [0.25, 0.3) is 0 Å². The third kappa shape index (κ3) is 2.27. The summed E-state index contributed by atoms with van der Waals surface area (Å²) in [4.78, 5) is 5.06. The molecule has 1 spiro atoms. The van der Waals surface area contributed by atoms with E-state index in [1.807, 2.05) is 0 Å². The molecule has 0 unspecified atom stereocenters. The molecule has 0 N–H and O–H groups in total. The molecule has 2 rings (SSSR count). The Balaban J connectivity index is 1.94. The van der Waals surface area contributed by atoms with Gasteiger partial charge in [-0.3, -0.25) is 9.80 Å². The predicted octanol–water partition coefficient (Wildman–Crippen LogP) is 1.58. The van der Waals surface area contributed by atoms with Crippen molar-refractivity contribution in [3.63, 3.8) is 0 Å². The van der Waals surface area contributed by atoms with E-state index in [4.69, 9.17) is 4.74 Å². The molecule has 3 heteroatoms. The summed E-state index contributed by atoms with van der Waals surface area (Å²) in [7, 11) is 0. The lowest BCUT2D eigenvalue weighted by Gasteiger charge is -2.57. The molecule has 2 aliphatic rings. The molecule has 0 amide bonds. The normalized spacial score (nSPS) is 27.4. The fourth-order valence-electron chi connectivity index (χ4n) is 2.67. The van der Waals surface area contributed by atoms with Gasteiger partial charge in [-0.25, -0.2) is 0 Å². The second-order valence-electron chi connectivity index (χ2n) is 6.62. The quantitative estimate of drug-likeness (QED) is 0.675. The second kappa shape index (κ2) is 3.97. The molecule has 0 atom stereocenters. The molecule has 0 radical (unpaired) electrons. The van der Waals surface area contributed by atoms with Crippen molar-refractivity contribution >= 4 is 0 Å². The molecule has 2 heterocycles. The Morgan fingerprint density at radius 3 is 2.25 bits per heavy atom. The Kier molecular flexibility index (Phi) is 3.06. The molecule has 0 bridgehead atoms. The first-order valence-corrected chi connectivity index (χ1v) is 6.45. The van der Waals surface area contributed by atoms with E-state index in [1.54, 1.807) is 0 Å². The van der Waals surface area contributed by atoms with Crippen LogP contribution in [0.25, 0.3) is 0 Å². The Bertz CT molecular complexity index is 251. The van der Waals surface area contributed by atoms with Crippen LogP contribution in [-0.2, 0) is 4.74 Å². The van der Waals surface area contributed by atoms with E-state index in [1.165, 1.54) is 0 Å². The van der Waals surface area contributed by atoms with E-state index < -0.39 is 0 Å². The average Bonchev–Trinajstić information content (AvgIpc) is 2.12. The zero-order valence-corrected chi connectivity index (χ0v) is 11.4. The van der Waals surface area contributed by atoms with Gasteiger partial charge in [0.2, 0.25) is 0 Å². The van der Waals surface area contributed by atoms with Crippen LogP contribution in [0.5, 0.6) is 0 Å². The Hall–Kier alpha value is -0.120.